The first kappa shape index (κ1) is 26.9. The van der Waals surface area contributed by atoms with E-state index in [-0.39, 0.29) is 18.5 Å². The maximum atomic E-state index is 12.4. The Hall–Kier alpha value is -2.73. The molecule has 35 heavy (non-hydrogen) atoms. The molecule has 0 amide bonds. The lowest BCUT2D eigenvalue weighted by Gasteiger charge is -2.24. The maximum absolute atomic E-state index is 12.4. The zero-order valence-corrected chi connectivity index (χ0v) is 22.3. The van der Waals surface area contributed by atoms with Gasteiger partial charge in [-0.05, 0) is 67.5 Å². The molecule has 2 unspecified atom stereocenters. The summed E-state index contributed by atoms with van der Waals surface area (Å²) in [6.07, 6.45) is 2.90. The second-order valence-corrected chi connectivity index (χ2v) is 10.8. The van der Waals surface area contributed by atoms with E-state index < -0.39 is 14.3 Å². The van der Waals surface area contributed by atoms with Gasteiger partial charge in [-0.1, -0.05) is 43.8 Å². The number of fused-ring (bicyclic) bond motifs is 1. The molecule has 8 heteroatoms. The molecule has 186 valence electrons. The average Bonchev–Trinajstić information content (AvgIpc) is 3.26. The van der Waals surface area contributed by atoms with Crippen molar-refractivity contribution < 1.29 is 23.6 Å². The molecule has 0 radical (unpaired) electrons. The third-order valence-corrected chi connectivity index (χ3v) is 8.02. The normalized spacial score (nSPS) is 12.7. The number of ether oxygens (including phenoxy) is 2. The van der Waals surface area contributed by atoms with Gasteiger partial charge >= 0.3 is 11.9 Å². The molecule has 3 rings (SSSR count). The lowest BCUT2D eigenvalue weighted by atomic mass is 10.1. The first-order valence-electron chi connectivity index (χ1n) is 11.6. The largest absolute Gasteiger partial charge is 0.465 e. The van der Waals surface area contributed by atoms with E-state index in [1.165, 1.54) is 11.3 Å². The van der Waals surface area contributed by atoms with Crippen molar-refractivity contribution in [2.45, 2.75) is 46.3 Å². The highest BCUT2D eigenvalue weighted by molar-refractivity contribution is 7.50. The van der Waals surface area contributed by atoms with E-state index in [0.29, 0.717) is 17.6 Å². The summed E-state index contributed by atoms with van der Waals surface area (Å²) in [5.41, 5.74) is 3.12. The third-order valence-electron chi connectivity index (χ3n) is 5.19. The molecule has 2 aromatic carbocycles. The van der Waals surface area contributed by atoms with Crippen molar-refractivity contribution >= 4 is 41.7 Å². The van der Waals surface area contributed by atoms with Crippen LogP contribution in [-0.4, -0.2) is 31.2 Å². The molecular weight excluding hydrogens is 481 g/mol. The summed E-state index contributed by atoms with van der Waals surface area (Å²) in [5.74, 6) is 0.180. The van der Waals surface area contributed by atoms with Gasteiger partial charge < -0.3 is 14.0 Å². The number of hydrogen-bond acceptors (Lipinski definition) is 7. The highest BCUT2D eigenvalue weighted by Crippen LogP contribution is 2.42. The molecule has 2 atom stereocenters. The Morgan fingerprint density at radius 3 is 2.57 bits per heavy atom. The molecule has 0 spiro atoms. The van der Waals surface area contributed by atoms with Gasteiger partial charge in [0, 0.05) is 10.9 Å². The smallest absolute Gasteiger partial charge is 0.348 e. The monoisotopic (exact) mass is 513 g/mol. The van der Waals surface area contributed by atoms with Crippen LogP contribution >= 0.6 is 19.6 Å². The minimum Gasteiger partial charge on any atom is -0.465 e. The SMILES string of the molecule is C=CCOC(=O)c1cc2cc(CP(NC(C)C(=O)OCCC)Oc3c(C)cccc3C)ccc2s1. The van der Waals surface area contributed by atoms with Crippen LogP contribution in [0.4, 0.5) is 0 Å². The number of nitrogens with one attached hydrogen (secondary N) is 1. The molecule has 1 aromatic heterocycles. The molecule has 0 saturated carbocycles. The lowest BCUT2D eigenvalue weighted by molar-refractivity contribution is -0.145. The van der Waals surface area contributed by atoms with Gasteiger partial charge in [0.2, 0.25) is 0 Å². The second-order valence-electron chi connectivity index (χ2n) is 8.24. The van der Waals surface area contributed by atoms with E-state index in [2.05, 4.69) is 17.7 Å². The minimum atomic E-state index is -1.25. The summed E-state index contributed by atoms with van der Waals surface area (Å²) < 4.78 is 18.0. The van der Waals surface area contributed by atoms with Crippen LogP contribution in [0.15, 0.2) is 55.1 Å². The van der Waals surface area contributed by atoms with Crippen molar-refractivity contribution in [3.63, 3.8) is 0 Å². The van der Waals surface area contributed by atoms with Crippen molar-refractivity contribution in [1.82, 2.24) is 5.09 Å². The lowest BCUT2D eigenvalue weighted by Crippen LogP contribution is -2.33. The van der Waals surface area contributed by atoms with Crippen molar-refractivity contribution in [1.29, 1.82) is 0 Å². The van der Waals surface area contributed by atoms with Crippen LogP contribution in [0, 0.1) is 13.8 Å². The van der Waals surface area contributed by atoms with Gasteiger partial charge in [-0.25, -0.2) is 4.79 Å². The van der Waals surface area contributed by atoms with Gasteiger partial charge in [-0.3, -0.25) is 9.88 Å². The second kappa shape index (κ2) is 12.8. The molecule has 1 N–H and O–H groups in total. The topological polar surface area (TPSA) is 73.9 Å². The fourth-order valence-corrected chi connectivity index (χ4v) is 6.14. The molecular formula is C27H32NO5PS. The zero-order valence-electron chi connectivity index (χ0n) is 20.6. The minimum absolute atomic E-state index is 0.183. The molecule has 0 aliphatic rings. The first-order chi connectivity index (χ1) is 16.8. The van der Waals surface area contributed by atoms with Crippen molar-refractivity contribution in [2.75, 3.05) is 13.2 Å². The number of para-hydroxylation sites is 1. The van der Waals surface area contributed by atoms with Crippen LogP contribution in [-0.2, 0) is 20.4 Å². The first-order valence-corrected chi connectivity index (χ1v) is 13.8. The Morgan fingerprint density at radius 1 is 1.14 bits per heavy atom. The molecule has 0 aliphatic carbocycles. The summed E-state index contributed by atoms with van der Waals surface area (Å²) in [5, 5.41) is 4.33. The van der Waals surface area contributed by atoms with Crippen molar-refractivity contribution in [3.8, 4) is 5.75 Å². The number of carbonyl (C=O) groups excluding carboxylic acids is 2. The summed E-state index contributed by atoms with van der Waals surface area (Å²) in [6.45, 7) is 11.9. The molecule has 0 saturated heterocycles. The van der Waals surface area contributed by atoms with Crippen molar-refractivity contribution in [2.24, 2.45) is 0 Å². The standard InChI is InChI=1S/C27H32NO5PS/c1-6-13-31-26(29)20(5)28-34(33-25-18(3)9-8-10-19(25)4)17-21-11-12-23-22(15-21)16-24(35-23)27(30)32-14-7-2/h7-12,15-16,20,28H,2,6,13-14,17H2,1,3-5H3. The van der Waals surface area contributed by atoms with Crippen LogP contribution in [0.25, 0.3) is 10.1 Å². The summed E-state index contributed by atoms with van der Waals surface area (Å²) in [7, 11) is -1.25. The van der Waals surface area contributed by atoms with E-state index in [1.807, 2.05) is 57.2 Å². The predicted molar refractivity (Wildman–Crippen MR) is 143 cm³/mol. The highest BCUT2D eigenvalue weighted by atomic mass is 32.1. The molecule has 0 aliphatic heterocycles. The van der Waals surface area contributed by atoms with Crippen LogP contribution < -0.4 is 9.61 Å². The Bertz CT molecular complexity index is 1170. The number of hydrogen-bond donors (Lipinski definition) is 1. The van der Waals surface area contributed by atoms with Gasteiger partial charge in [-0.15, -0.1) is 11.3 Å². The van der Waals surface area contributed by atoms with Crippen LogP contribution in [0.3, 0.4) is 0 Å². The van der Waals surface area contributed by atoms with Crippen LogP contribution in [0.5, 0.6) is 5.75 Å². The Kier molecular flexibility index (Phi) is 9.84. The van der Waals surface area contributed by atoms with Crippen LogP contribution in [0.1, 0.15) is 46.6 Å². The maximum Gasteiger partial charge on any atom is 0.348 e. The molecule has 0 fully saturated rings. The number of carbonyl (C=O) groups is 2. The van der Waals surface area contributed by atoms with Gasteiger partial charge in [0.15, 0.2) is 8.30 Å². The Labute approximate surface area is 212 Å². The molecule has 6 nitrogen and oxygen atoms in total. The number of rotatable bonds is 12. The Balaban J connectivity index is 1.83. The molecule has 1 heterocycles. The fourth-order valence-electron chi connectivity index (χ4n) is 3.42. The summed E-state index contributed by atoms with van der Waals surface area (Å²) in [4.78, 5) is 25.2. The van der Waals surface area contributed by atoms with Crippen LogP contribution in [0.2, 0.25) is 0 Å². The van der Waals surface area contributed by atoms with Gasteiger partial charge in [0.25, 0.3) is 0 Å². The number of esters is 2. The number of aryl methyl sites for hydroxylation is 2. The van der Waals surface area contributed by atoms with E-state index in [9.17, 15) is 9.59 Å². The predicted octanol–water partition coefficient (Wildman–Crippen LogP) is 6.68. The average molecular weight is 514 g/mol. The molecule has 3 aromatic rings. The third kappa shape index (κ3) is 7.38. The number of benzene rings is 2. The van der Waals surface area contributed by atoms with Gasteiger partial charge in [0.1, 0.15) is 23.3 Å². The zero-order chi connectivity index (χ0) is 25.4. The Morgan fingerprint density at radius 2 is 1.89 bits per heavy atom. The van der Waals surface area contributed by atoms with E-state index in [0.717, 1.165) is 38.9 Å². The summed E-state index contributed by atoms with van der Waals surface area (Å²) >= 11 is 1.40. The van der Waals surface area contributed by atoms with Gasteiger partial charge in [-0.2, -0.15) is 0 Å². The quantitative estimate of drug-likeness (QED) is 0.165. The number of thiophene rings is 1. The highest BCUT2D eigenvalue weighted by Gasteiger charge is 2.23. The van der Waals surface area contributed by atoms with E-state index in [1.54, 1.807) is 13.0 Å². The fraction of sp³-hybridized carbons (Fsp3) is 0.333. The van der Waals surface area contributed by atoms with Crippen molar-refractivity contribution in [3.05, 3.63) is 76.7 Å². The summed E-state index contributed by atoms with van der Waals surface area (Å²) in [6, 6.07) is 13.5. The van der Waals surface area contributed by atoms with E-state index >= 15 is 0 Å². The molecule has 0 bridgehead atoms. The van der Waals surface area contributed by atoms with Gasteiger partial charge in [0.05, 0.1) is 6.61 Å². The van der Waals surface area contributed by atoms with E-state index in [4.69, 9.17) is 14.0 Å².